The molecule has 0 bridgehead atoms. The molecule has 0 amide bonds. The maximum atomic E-state index is 16.0. The second-order valence-corrected chi connectivity index (χ2v) is 7.67. The van der Waals surface area contributed by atoms with Crippen molar-refractivity contribution in [2.45, 2.75) is 6.92 Å². The van der Waals surface area contributed by atoms with Gasteiger partial charge in [-0.15, -0.1) is 0 Å². The quantitative estimate of drug-likeness (QED) is 0.500. The summed E-state index contributed by atoms with van der Waals surface area (Å²) < 4.78 is 39.6. The standard InChI is InChI=1S/C25H21BF2N2O/c1-18-23-15-12-21(11-8-19-6-4-3-5-7-19)29(23)26(27,28)30-24(18)16-17-25(30)20-9-13-22(31-2)14-10-20/h3-17H,1-2H3/b11-8+. The van der Waals surface area contributed by atoms with Gasteiger partial charge in [0.25, 0.3) is 0 Å². The van der Waals surface area contributed by atoms with E-state index in [2.05, 4.69) is 0 Å². The maximum absolute atomic E-state index is 16.0. The molecular weight excluding hydrogens is 393 g/mol. The third-order valence-electron chi connectivity index (χ3n) is 5.89. The van der Waals surface area contributed by atoms with Crippen LogP contribution in [0.4, 0.5) is 8.63 Å². The molecule has 0 aliphatic carbocycles. The number of hydrogen-bond acceptors (Lipinski definition) is 1. The molecule has 5 rings (SSSR count). The summed E-state index contributed by atoms with van der Waals surface area (Å²) in [6, 6.07) is 20.4. The highest BCUT2D eigenvalue weighted by Gasteiger charge is 2.53. The lowest BCUT2D eigenvalue weighted by Crippen LogP contribution is -2.51. The summed E-state index contributed by atoms with van der Waals surface area (Å²) in [5, 5.41) is 0. The van der Waals surface area contributed by atoms with Crippen LogP contribution in [-0.4, -0.2) is 28.8 Å². The van der Waals surface area contributed by atoms with Crippen LogP contribution in [0, 0.1) is 0 Å². The monoisotopic (exact) mass is 414 g/mol. The summed E-state index contributed by atoms with van der Waals surface area (Å²) in [4.78, 5) is 0. The Morgan fingerprint density at radius 1 is 0.903 bits per heavy atom. The minimum Gasteiger partial charge on any atom is -0.497 e. The van der Waals surface area contributed by atoms with Crippen molar-refractivity contribution >= 4 is 30.4 Å². The summed E-state index contributed by atoms with van der Waals surface area (Å²) in [6.45, 7) is -2.18. The van der Waals surface area contributed by atoms with Gasteiger partial charge in [-0.1, -0.05) is 36.4 Å². The predicted octanol–water partition coefficient (Wildman–Crippen LogP) is 5.71. The molecule has 3 aromatic rings. The van der Waals surface area contributed by atoms with E-state index in [4.69, 9.17) is 4.74 Å². The number of benzene rings is 2. The van der Waals surface area contributed by atoms with Crippen LogP contribution in [0.15, 0.2) is 84.6 Å². The van der Waals surface area contributed by atoms with E-state index in [0.29, 0.717) is 28.5 Å². The van der Waals surface area contributed by atoms with Gasteiger partial charge in [0.05, 0.1) is 7.11 Å². The number of halogens is 2. The zero-order valence-electron chi connectivity index (χ0n) is 17.3. The van der Waals surface area contributed by atoms with Gasteiger partial charge in [0.1, 0.15) is 5.75 Å². The lowest BCUT2D eigenvalue weighted by Gasteiger charge is -2.32. The van der Waals surface area contributed by atoms with Crippen LogP contribution in [0.25, 0.3) is 17.7 Å². The minimum atomic E-state index is -4.08. The molecule has 0 radical (unpaired) electrons. The van der Waals surface area contributed by atoms with Crippen molar-refractivity contribution in [3.05, 3.63) is 107 Å². The highest BCUT2D eigenvalue weighted by molar-refractivity contribution is 6.58. The Hall–Kier alpha value is -3.67. The van der Waals surface area contributed by atoms with Crippen LogP contribution >= 0.6 is 0 Å². The Labute approximate surface area is 180 Å². The van der Waals surface area contributed by atoms with E-state index in [0.717, 1.165) is 16.7 Å². The highest BCUT2D eigenvalue weighted by Crippen LogP contribution is 2.38. The zero-order valence-corrected chi connectivity index (χ0v) is 17.3. The molecule has 154 valence electrons. The molecule has 6 heteroatoms. The first-order valence-electron chi connectivity index (χ1n) is 10.2. The molecule has 0 unspecified atom stereocenters. The first-order valence-corrected chi connectivity index (χ1v) is 10.2. The van der Waals surface area contributed by atoms with Gasteiger partial charge in [-0.05, 0) is 55.0 Å². The van der Waals surface area contributed by atoms with Crippen molar-refractivity contribution in [3.63, 3.8) is 0 Å². The van der Waals surface area contributed by atoms with Crippen molar-refractivity contribution in [1.29, 1.82) is 0 Å². The van der Waals surface area contributed by atoms with Gasteiger partial charge >= 0.3 is 6.97 Å². The Morgan fingerprint density at radius 2 is 1.65 bits per heavy atom. The molecule has 0 saturated carbocycles. The Bertz CT molecular complexity index is 1280. The lowest BCUT2D eigenvalue weighted by molar-refractivity contribution is -0.361. The number of nitrogens with zero attached hydrogens (tertiary/aromatic N) is 2. The fourth-order valence-corrected chi connectivity index (χ4v) is 4.33. The lowest BCUT2D eigenvalue weighted by atomic mass is 9.87. The van der Waals surface area contributed by atoms with Crippen LogP contribution in [0.5, 0.6) is 5.75 Å². The van der Waals surface area contributed by atoms with E-state index in [1.54, 1.807) is 49.6 Å². The van der Waals surface area contributed by atoms with Crippen LogP contribution in [0.2, 0.25) is 0 Å². The average molecular weight is 414 g/mol. The largest absolute Gasteiger partial charge is 0.737 e. The molecule has 31 heavy (non-hydrogen) atoms. The summed E-state index contributed by atoms with van der Waals surface area (Å²) in [7, 11) is 1.59. The topological polar surface area (TPSA) is 17.2 Å². The first-order chi connectivity index (χ1) is 15.0. The molecular formula is C25H21BF2N2O. The Morgan fingerprint density at radius 3 is 2.35 bits per heavy atom. The van der Waals surface area contributed by atoms with Crippen LogP contribution in [0.1, 0.15) is 29.4 Å². The third kappa shape index (κ3) is 3.06. The van der Waals surface area contributed by atoms with Crippen molar-refractivity contribution in [1.82, 2.24) is 4.48 Å². The van der Waals surface area contributed by atoms with Gasteiger partial charge in [-0.3, -0.25) is 0 Å². The normalized spacial score (nSPS) is 16.8. The molecule has 0 atom stereocenters. The van der Waals surface area contributed by atoms with Crippen LogP contribution < -0.4 is 4.74 Å². The molecule has 2 aliphatic heterocycles. The van der Waals surface area contributed by atoms with Crippen molar-refractivity contribution in [2.24, 2.45) is 0 Å². The molecule has 0 spiro atoms. The number of rotatable bonds is 4. The van der Waals surface area contributed by atoms with Gasteiger partial charge in [-0.25, -0.2) is 0 Å². The van der Waals surface area contributed by atoms with Crippen LogP contribution in [-0.2, 0) is 0 Å². The van der Waals surface area contributed by atoms with Gasteiger partial charge in [0, 0.05) is 34.7 Å². The van der Waals surface area contributed by atoms with Gasteiger partial charge in [0.2, 0.25) is 0 Å². The number of hydrogen-bond donors (Lipinski definition) is 0. The maximum Gasteiger partial charge on any atom is 0.737 e. The number of aromatic nitrogens is 1. The summed E-state index contributed by atoms with van der Waals surface area (Å²) in [5.41, 5.74) is 4.56. The molecule has 1 aromatic heterocycles. The fourth-order valence-electron chi connectivity index (χ4n) is 4.33. The molecule has 0 saturated heterocycles. The molecule has 3 nitrogen and oxygen atoms in total. The zero-order chi connectivity index (χ0) is 21.6. The highest BCUT2D eigenvalue weighted by atomic mass is 19.2. The number of ether oxygens (including phenoxy) is 1. The van der Waals surface area contributed by atoms with E-state index in [1.165, 1.54) is 8.96 Å². The first kappa shape index (κ1) is 19.3. The van der Waals surface area contributed by atoms with Crippen molar-refractivity contribution in [3.8, 4) is 5.75 Å². The van der Waals surface area contributed by atoms with Crippen LogP contribution in [0.3, 0.4) is 0 Å². The van der Waals surface area contributed by atoms with Gasteiger partial charge in [-0.2, -0.15) is 0 Å². The molecule has 0 fully saturated rings. The van der Waals surface area contributed by atoms with E-state index in [1.807, 2.05) is 55.5 Å². The van der Waals surface area contributed by atoms with Gasteiger partial charge in [0.15, 0.2) is 11.4 Å². The van der Waals surface area contributed by atoms with E-state index >= 15 is 8.63 Å². The van der Waals surface area contributed by atoms with Crippen molar-refractivity contribution < 1.29 is 17.9 Å². The van der Waals surface area contributed by atoms with Crippen molar-refractivity contribution in [2.75, 3.05) is 7.11 Å². The Balaban J connectivity index is 1.64. The van der Waals surface area contributed by atoms with E-state index in [9.17, 15) is 0 Å². The summed E-state index contributed by atoms with van der Waals surface area (Å²) in [6.07, 6.45) is 7.16. The van der Waals surface area contributed by atoms with Gasteiger partial charge < -0.3 is 22.3 Å². The summed E-state index contributed by atoms with van der Waals surface area (Å²) >= 11 is 0. The molecule has 2 aliphatic rings. The average Bonchev–Trinajstić information content (AvgIpc) is 3.43. The number of fused-ring (bicyclic) bond motifs is 2. The fraction of sp³-hybridized carbons (Fsp3) is 0.0800. The molecule has 3 heterocycles. The Kier molecular flexibility index (Phi) is 4.51. The predicted molar refractivity (Wildman–Crippen MR) is 122 cm³/mol. The molecule has 0 N–H and O–H groups in total. The number of allylic oxidation sites excluding steroid dienone is 3. The summed E-state index contributed by atoms with van der Waals surface area (Å²) in [5.74, 6) is 0.690. The smallest absolute Gasteiger partial charge is 0.497 e. The molecule has 2 aromatic carbocycles. The third-order valence-corrected chi connectivity index (χ3v) is 5.89. The number of methoxy groups -OCH3 is 1. The van der Waals surface area contributed by atoms with E-state index in [-0.39, 0.29) is 0 Å². The van der Waals surface area contributed by atoms with E-state index < -0.39 is 6.97 Å². The minimum absolute atomic E-state index is 0.475. The SMILES string of the molecule is COc1ccc(C2=[N+]3C(=C(C)c4ccc(/C=C/c5ccccc5)n4[B-]3(F)F)C=C2)cc1. The second kappa shape index (κ2) is 7.24. The second-order valence-electron chi connectivity index (χ2n) is 7.67.